The van der Waals surface area contributed by atoms with Crippen molar-refractivity contribution in [2.45, 2.75) is 20.0 Å². The summed E-state index contributed by atoms with van der Waals surface area (Å²) in [5.74, 6) is 0. The third kappa shape index (κ3) is 2.64. The number of rotatable bonds is 5. The van der Waals surface area contributed by atoms with E-state index in [-0.39, 0.29) is 6.61 Å². The molecule has 0 radical (unpaired) electrons. The van der Waals surface area contributed by atoms with Crippen LogP contribution in [0, 0.1) is 0 Å². The third-order valence-electron chi connectivity index (χ3n) is 1.59. The second-order valence-electron chi connectivity index (χ2n) is 2.62. The van der Waals surface area contributed by atoms with Crippen LogP contribution in [-0.2, 0) is 13.1 Å². The normalized spacial score (nSPS) is 10.5. The highest BCUT2D eigenvalue weighted by Crippen LogP contribution is 1.96. The van der Waals surface area contributed by atoms with Gasteiger partial charge in [-0.25, -0.2) is 0 Å². The van der Waals surface area contributed by atoms with Gasteiger partial charge in [-0.2, -0.15) is 5.10 Å². The molecule has 4 heteroatoms. The lowest BCUT2D eigenvalue weighted by Crippen LogP contribution is -2.11. The second kappa shape index (κ2) is 4.90. The average molecular weight is 169 g/mol. The zero-order valence-corrected chi connectivity index (χ0v) is 7.32. The SMILES string of the molecule is CCNCc1cnn(CCO)c1. The van der Waals surface area contributed by atoms with Gasteiger partial charge in [0.05, 0.1) is 19.3 Å². The van der Waals surface area contributed by atoms with Crippen molar-refractivity contribution in [3.05, 3.63) is 18.0 Å². The van der Waals surface area contributed by atoms with Crippen molar-refractivity contribution < 1.29 is 5.11 Å². The molecule has 1 heterocycles. The van der Waals surface area contributed by atoms with E-state index in [0.29, 0.717) is 6.54 Å². The molecule has 0 saturated carbocycles. The highest BCUT2D eigenvalue weighted by Gasteiger charge is 1.95. The molecule has 1 rings (SSSR count). The Labute approximate surface area is 72.2 Å². The first kappa shape index (κ1) is 9.22. The molecule has 0 atom stereocenters. The fourth-order valence-electron chi connectivity index (χ4n) is 0.992. The Hall–Kier alpha value is -0.870. The number of nitrogens with zero attached hydrogens (tertiary/aromatic N) is 2. The number of aliphatic hydroxyl groups is 1. The lowest BCUT2D eigenvalue weighted by Gasteiger charge is -1.96. The number of hydrogen-bond acceptors (Lipinski definition) is 3. The van der Waals surface area contributed by atoms with Crippen molar-refractivity contribution in [3.63, 3.8) is 0 Å². The standard InChI is InChI=1S/C8H15N3O/c1-2-9-5-8-6-10-11(7-8)3-4-12/h6-7,9,12H,2-5H2,1H3. The summed E-state index contributed by atoms with van der Waals surface area (Å²) in [6.07, 6.45) is 3.76. The summed E-state index contributed by atoms with van der Waals surface area (Å²) in [4.78, 5) is 0. The Kier molecular flexibility index (Phi) is 3.76. The summed E-state index contributed by atoms with van der Waals surface area (Å²) < 4.78 is 1.74. The van der Waals surface area contributed by atoms with Crippen molar-refractivity contribution in [3.8, 4) is 0 Å². The molecule has 0 amide bonds. The molecule has 0 bridgehead atoms. The summed E-state index contributed by atoms with van der Waals surface area (Å²) in [6, 6.07) is 0. The molecule has 0 aromatic carbocycles. The largest absolute Gasteiger partial charge is 0.394 e. The zero-order valence-electron chi connectivity index (χ0n) is 7.32. The highest BCUT2D eigenvalue weighted by molar-refractivity contribution is 5.02. The lowest BCUT2D eigenvalue weighted by atomic mass is 10.3. The van der Waals surface area contributed by atoms with E-state index in [1.807, 2.05) is 12.4 Å². The number of aromatic nitrogens is 2. The molecule has 68 valence electrons. The fourth-order valence-corrected chi connectivity index (χ4v) is 0.992. The van der Waals surface area contributed by atoms with Crippen LogP contribution in [0.15, 0.2) is 12.4 Å². The summed E-state index contributed by atoms with van der Waals surface area (Å²) in [7, 11) is 0. The first-order valence-electron chi connectivity index (χ1n) is 4.19. The molecule has 0 unspecified atom stereocenters. The molecule has 0 aliphatic heterocycles. The van der Waals surface area contributed by atoms with Crippen molar-refractivity contribution >= 4 is 0 Å². The van der Waals surface area contributed by atoms with Crippen molar-refractivity contribution in [1.82, 2.24) is 15.1 Å². The van der Waals surface area contributed by atoms with Gasteiger partial charge in [-0.1, -0.05) is 6.92 Å². The molecule has 0 fully saturated rings. The van der Waals surface area contributed by atoms with E-state index in [9.17, 15) is 0 Å². The molecule has 0 aliphatic carbocycles. The predicted molar refractivity (Wildman–Crippen MR) is 46.7 cm³/mol. The average Bonchev–Trinajstić information content (AvgIpc) is 2.50. The summed E-state index contributed by atoms with van der Waals surface area (Å²) >= 11 is 0. The Morgan fingerprint density at radius 3 is 3.17 bits per heavy atom. The first-order valence-corrected chi connectivity index (χ1v) is 4.19. The molecule has 4 nitrogen and oxygen atoms in total. The van der Waals surface area contributed by atoms with Crippen molar-refractivity contribution in [1.29, 1.82) is 0 Å². The molecule has 12 heavy (non-hydrogen) atoms. The van der Waals surface area contributed by atoms with Gasteiger partial charge in [-0.05, 0) is 6.54 Å². The number of hydrogen-bond donors (Lipinski definition) is 2. The van der Waals surface area contributed by atoms with Gasteiger partial charge in [-0.15, -0.1) is 0 Å². The van der Waals surface area contributed by atoms with Crippen LogP contribution in [-0.4, -0.2) is 28.0 Å². The summed E-state index contributed by atoms with van der Waals surface area (Å²) in [6.45, 7) is 4.60. The Bertz CT molecular complexity index is 222. The second-order valence-corrected chi connectivity index (χ2v) is 2.62. The van der Waals surface area contributed by atoms with Gasteiger partial charge < -0.3 is 10.4 Å². The maximum atomic E-state index is 8.63. The first-order chi connectivity index (χ1) is 5.86. The smallest absolute Gasteiger partial charge is 0.0640 e. The van der Waals surface area contributed by atoms with E-state index in [2.05, 4.69) is 17.3 Å². The Balaban J connectivity index is 2.41. The van der Waals surface area contributed by atoms with Gasteiger partial charge in [0.25, 0.3) is 0 Å². The van der Waals surface area contributed by atoms with E-state index in [4.69, 9.17) is 5.11 Å². The van der Waals surface area contributed by atoms with Gasteiger partial charge in [-0.3, -0.25) is 4.68 Å². The maximum Gasteiger partial charge on any atom is 0.0640 e. The summed E-state index contributed by atoms with van der Waals surface area (Å²) in [5, 5.41) is 15.9. The highest BCUT2D eigenvalue weighted by atomic mass is 16.3. The van der Waals surface area contributed by atoms with Gasteiger partial charge in [0.2, 0.25) is 0 Å². The van der Waals surface area contributed by atoms with Crippen LogP contribution in [0.5, 0.6) is 0 Å². The number of nitrogens with one attached hydrogen (secondary N) is 1. The van der Waals surface area contributed by atoms with Crippen LogP contribution in [0.25, 0.3) is 0 Å². The van der Waals surface area contributed by atoms with Crippen LogP contribution in [0.2, 0.25) is 0 Å². The van der Waals surface area contributed by atoms with E-state index in [1.54, 1.807) is 4.68 Å². The van der Waals surface area contributed by atoms with Crippen LogP contribution in [0.1, 0.15) is 12.5 Å². The minimum Gasteiger partial charge on any atom is -0.394 e. The quantitative estimate of drug-likeness (QED) is 0.651. The topological polar surface area (TPSA) is 50.1 Å². The van der Waals surface area contributed by atoms with Gasteiger partial charge >= 0.3 is 0 Å². The molecule has 2 N–H and O–H groups in total. The minimum absolute atomic E-state index is 0.141. The predicted octanol–water partition coefficient (Wildman–Crippen LogP) is -0.0151. The fraction of sp³-hybridized carbons (Fsp3) is 0.625. The third-order valence-corrected chi connectivity index (χ3v) is 1.59. The van der Waals surface area contributed by atoms with Gasteiger partial charge in [0.1, 0.15) is 0 Å². The molecular formula is C8H15N3O. The van der Waals surface area contributed by atoms with Crippen LogP contribution in [0.3, 0.4) is 0 Å². The van der Waals surface area contributed by atoms with Crippen LogP contribution >= 0.6 is 0 Å². The summed E-state index contributed by atoms with van der Waals surface area (Å²) in [5.41, 5.74) is 1.16. The molecule has 1 aromatic rings. The maximum absolute atomic E-state index is 8.63. The Morgan fingerprint density at radius 2 is 2.50 bits per heavy atom. The molecular weight excluding hydrogens is 154 g/mol. The van der Waals surface area contributed by atoms with E-state index < -0.39 is 0 Å². The number of aliphatic hydroxyl groups excluding tert-OH is 1. The Morgan fingerprint density at radius 1 is 1.67 bits per heavy atom. The monoisotopic (exact) mass is 169 g/mol. The minimum atomic E-state index is 0.141. The van der Waals surface area contributed by atoms with Crippen LogP contribution in [0.4, 0.5) is 0 Å². The van der Waals surface area contributed by atoms with Gasteiger partial charge in [0.15, 0.2) is 0 Å². The molecule has 0 spiro atoms. The van der Waals surface area contributed by atoms with Crippen molar-refractivity contribution in [2.75, 3.05) is 13.2 Å². The van der Waals surface area contributed by atoms with E-state index in [0.717, 1.165) is 18.7 Å². The van der Waals surface area contributed by atoms with E-state index >= 15 is 0 Å². The molecule has 1 aromatic heterocycles. The molecule has 0 aliphatic rings. The van der Waals surface area contributed by atoms with E-state index in [1.165, 1.54) is 0 Å². The molecule has 0 saturated heterocycles. The lowest BCUT2D eigenvalue weighted by molar-refractivity contribution is 0.269. The van der Waals surface area contributed by atoms with Gasteiger partial charge in [0, 0.05) is 18.3 Å². The zero-order chi connectivity index (χ0) is 8.81. The van der Waals surface area contributed by atoms with Crippen LogP contribution < -0.4 is 5.32 Å². The van der Waals surface area contributed by atoms with Crippen molar-refractivity contribution in [2.24, 2.45) is 0 Å².